The van der Waals surface area contributed by atoms with Crippen molar-refractivity contribution >= 4 is 28.1 Å². The van der Waals surface area contributed by atoms with Gasteiger partial charge in [0.2, 0.25) is 11.9 Å². The first-order valence-electron chi connectivity index (χ1n) is 7.01. The largest absolute Gasteiger partial charge is 0.274 e. The molecule has 3 aromatic rings. The summed E-state index contributed by atoms with van der Waals surface area (Å²) in [5.41, 5.74) is 2.32. The predicted octanol–water partition coefficient (Wildman–Crippen LogP) is 4.34. The molecule has 0 aliphatic carbocycles. The third kappa shape index (κ3) is 3.12. The summed E-state index contributed by atoms with van der Waals surface area (Å²) in [7, 11) is 0. The molecular formula is C17H14FN3OS. The zero-order chi connectivity index (χ0) is 16.4. The predicted molar refractivity (Wildman–Crippen MR) is 89.3 cm³/mol. The number of hydrogen-bond acceptors (Lipinski definition) is 4. The van der Waals surface area contributed by atoms with Crippen molar-refractivity contribution in [3.63, 3.8) is 0 Å². The number of rotatable bonds is 3. The van der Waals surface area contributed by atoms with E-state index in [9.17, 15) is 9.18 Å². The van der Waals surface area contributed by atoms with Crippen LogP contribution in [-0.4, -0.2) is 15.9 Å². The third-order valence-electron chi connectivity index (χ3n) is 3.30. The fraction of sp³-hybridized carbons (Fsp3) is 0.118. The van der Waals surface area contributed by atoms with Crippen LogP contribution in [0.5, 0.6) is 0 Å². The van der Waals surface area contributed by atoms with Crippen molar-refractivity contribution in [2.24, 2.45) is 0 Å². The van der Waals surface area contributed by atoms with Gasteiger partial charge in [-0.05, 0) is 31.2 Å². The van der Waals surface area contributed by atoms with Crippen LogP contribution in [-0.2, 0) is 4.79 Å². The molecule has 0 unspecified atom stereocenters. The lowest BCUT2D eigenvalue weighted by Crippen LogP contribution is -2.22. The smallest absolute Gasteiger partial charge is 0.230 e. The van der Waals surface area contributed by atoms with Gasteiger partial charge in [-0.3, -0.25) is 9.69 Å². The van der Waals surface area contributed by atoms with Gasteiger partial charge in [0.15, 0.2) is 5.13 Å². The number of amides is 1. The van der Waals surface area contributed by atoms with Gasteiger partial charge >= 0.3 is 0 Å². The van der Waals surface area contributed by atoms with Gasteiger partial charge in [0, 0.05) is 18.7 Å². The number of carbonyl (C=O) groups excluding carboxylic acids is 1. The fourth-order valence-electron chi connectivity index (χ4n) is 2.26. The van der Waals surface area contributed by atoms with E-state index in [0.717, 1.165) is 21.8 Å². The van der Waals surface area contributed by atoms with E-state index in [4.69, 9.17) is 0 Å². The van der Waals surface area contributed by atoms with E-state index >= 15 is 0 Å². The number of para-hydroxylation sites is 1. The Kier molecular flexibility index (Phi) is 4.16. The van der Waals surface area contributed by atoms with Gasteiger partial charge in [0.05, 0.1) is 16.3 Å². The van der Waals surface area contributed by atoms with Crippen molar-refractivity contribution in [1.29, 1.82) is 0 Å². The van der Waals surface area contributed by atoms with Gasteiger partial charge in [-0.15, -0.1) is 0 Å². The highest BCUT2D eigenvalue weighted by Gasteiger charge is 2.20. The van der Waals surface area contributed by atoms with Crippen LogP contribution in [0.25, 0.3) is 10.4 Å². The van der Waals surface area contributed by atoms with E-state index < -0.39 is 5.95 Å². The maximum atomic E-state index is 13.0. The molecular weight excluding hydrogens is 313 g/mol. The topological polar surface area (TPSA) is 46.1 Å². The van der Waals surface area contributed by atoms with Crippen molar-refractivity contribution in [3.8, 4) is 10.4 Å². The first-order valence-corrected chi connectivity index (χ1v) is 7.83. The third-order valence-corrected chi connectivity index (χ3v) is 4.49. The molecule has 0 radical (unpaired) electrons. The Balaban J connectivity index is 2.04. The molecule has 0 bridgehead atoms. The number of thiazole rings is 1. The summed E-state index contributed by atoms with van der Waals surface area (Å²) in [6.07, 6.45) is 1.47. The van der Waals surface area contributed by atoms with Gasteiger partial charge < -0.3 is 0 Å². The van der Waals surface area contributed by atoms with Crippen molar-refractivity contribution < 1.29 is 9.18 Å². The van der Waals surface area contributed by atoms with Crippen molar-refractivity contribution in [3.05, 3.63) is 60.3 Å². The minimum absolute atomic E-state index is 0.117. The summed E-state index contributed by atoms with van der Waals surface area (Å²) in [6, 6.07) is 12.3. The molecule has 1 amide bonds. The summed E-state index contributed by atoms with van der Waals surface area (Å²) in [6.45, 7) is 3.37. The molecule has 116 valence electrons. The van der Waals surface area contributed by atoms with Crippen LogP contribution < -0.4 is 4.90 Å². The second kappa shape index (κ2) is 6.26. The summed E-state index contributed by atoms with van der Waals surface area (Å²) in [5, 5.41) is 0.584. The highest BCUT2D eigenvalue weighted by Crippen LogP contribution is 2.37. The Labute approximate surface area is 137 Å². The van der Waals surface area contributed by atoms with Crippen LogP contribution in [0.4, 0.5) is 15.2 Å². The quantitative estimate of drug-likeness (QED) is 0.672. The number of aryl methyl sites for hydroxylation is 1. The zero-order valence-corrected chi connectivity index (χ0v) is 13.5. The molecule has 0 spiro atoms. The first kappa shape index (κ1) is 15.3. The number of anilines is 2. The Morgan fingerprint density at radius 3 is 2.52 bits per heavy atom. The number of halogens is 1. The van der Waals surface area contributed by atoms with E-state index in [1.54, 1.807) is 11.0 Å². The van der Waals surface area contributed by atoms with E-state index in [-0.39, 0.29) is 5.91 Å². The maximum absolute atomic E-state index is 13.0. The molecule has 0 saturated carbocycles. The number of pyridine rings is 1. The Hall–Kier alpha value is -2.60. The average Bonchev–Trinajstić information content (AvgIpc) is 2.90. The Morgan fingerprint density at radius 2 is 1.91 bits per heavy atom. The van der Waals surface area contributed by atoms with Crippen LogP contribution >= 0.6 is 11.3 Å². The van der Waals surface area contributed by atoms with Crippen LogP contribution in [0.3, 0.4) is 0 Å². The number of nitrogens with zero attached hydrogens (tertiary/aromatic N) is 3. The molecule has 6 heteroatoms. The number of aromatic nitrogens is 2. The van der Waals surface area contributed by atoms with E-state index in [1.807, 2.05) is 37.3 Å². The van der Waals surface area contributed by atoms with Crippen molar-refractivity contribution in [2.45, 2.75) is 13.8 Å². The number of benzene rings is 1. The van der Waals surface area contributed by atoms with Gasteiger partial charge in [-0.1, -0.05) is 29.5 Å². The number of hydrogen-bond donors (Lipinski definition) is 0. The molecule has 0 aliphatic heterocycles. The van der Waals surface area contributed by atoms with Gasteiger partial charge in [0.1, 0.15) is 0 Å². The van der Waals surface area contributed by atoms with Crippen LogP contribution in [0, 0.1) is 12.9 Å². The highest BCUT2D eigenvalue weighted by molar-refractivity contribution is 7.19. The van der Waals surface area contributed by atoms with Gasteiger partial charge in [-0.25, -0.2) is 9.97 Å². The SMILES string of the molecule is CC(=O)N(c1ccccc1)c1nc(C)c(-c2ccc(F)nc2)s1. The second-order valence-corrected chi connectivity index (χ2v) is 5.95. The van der Waals surface area contributed by atoms with Crippen molar-refractivity contribution in [1.82, 2.24) is 9.97 Å². The zero-order valence-electron chi connectivity index (χ0n) is 12.7. The number of carbonyl (C=O) groups is 1. The van der Waals surface area contributed by atoms with E-state index in [1.165, 1.54) is 30.5 Å². The van der Waals surface area contributed by atoms with Crippen LogP contribution in [0.15, 0.2) is 48.7 Å². The lowest BCUT2D eigenvalue weighted by molar-refractivity contribution is -0.115. The van der Waals surface area contributed by atoms with Crippen LogP contribution in [0.2, 0.25) is 0 Å². The Bertz CT molecular complexity index is 831. The monoisotopic (exact) mass is 327 g/mol. The lowest BCUT2D eigenvalue weighted by Gasteiger charge is -2.17. The standard InChI is InChI=1S/C17H14FN3OS/c1-11-16(13-8-9-15(18)19-10-13)23-17(20-11)21(12(2)22)14-6-4-3-5-7-14/h3-10H,1-2H3. The summed E-state index contributed by atoms with van der Waals surface area (Å²) in [5.74, 6) is -0.639. The highest BCUT2D eigenvalue weighted by atomic mass is 32.1. The second-order valence-electron chi connectivity index (χ2n) is 4.97. The minimum Gasteiger partial charge on any atom is -0.274 e. The summed E-state index contributed by atoms with van der Waals surface area (Å²) in [4.78, 5) is 22.7. The molecule has 2 heterocycles. The molecule has 23 heavy (non-hydrogen) atoms. The summed E-state index contributed by atoms with van der Waals surface area (Å²) >= 11 is 1.38. The molecule has 0 atom stereocenters. The normalized spacial score (nSPS) is 10.6. The maximum Gasteiger partial charge on any atom is 0.230 e. The first-order chi connectivity index (χ1) is 11.1. The molecule has 4 nitrogen and oxygen atoms in total. The van der Waals surface area contributed by atoms with E-state index in [2.05, 4.69) is 9.97 Å². The molecule has 0 saturated heterocycles. The van der Waals surface area contributed by atoms with Gasteiger partial charge in [-0.2, -0.15) is 4.39 Å². The average molecular weight is 327 g/mol. The van der Waals surface area contributed by atoms with Crippen molar-refractivity contribution in [2.75, 3.05) is 4.90 Å². The minimum atomic E-state index is -0.522. The Morgan fingerprint density at radius 1 is 1.17 bits per heavy atom. The van der Waals surface area contributed by atoms with E-state index in [0.29, 0.717) is 5.13 Å². The molecule has 1 aromatic carbocycles. The molecule has 0 fully saturated rings. The molecule has 0 N–H and O–H groups in total. The molecule has 3 rings (SSSR count). The molecule has 0 aliphatic rings. The lowest BCUT2D eigenvalue weighted by atomic mass is 10.2. The molecule has 2 aromatic heterocycles. The van der Waals surface area contributed by atoms with Gasteiger partial charge in [0.25, 0.3) is 0 Å². The fourth-order valence-corrected chi connectivity index (χ4v) is 3.38. The summed E-state index contributed by atoms with van der Waals surface area (Å²) < 4.78 is 13.0. The van der Waals surface area contributed by atoms with Crippen LogP contribution in [0.1, 0.15) is 12.6 Å².